The Morgan fingerprint density at radius 1 is 0.469 bits per heavy atom. The topological polar surface area (TPSA) is 63.9 Å². The molecule has 0 saturated heterocycles. The van der Waals surface area contributed by atoms with Crippen molar-refractivity contribution in [2.45, 2.75) is 18.3 Å². The van der Waals surface area contributed by atoms with Crippen molar-refractivity contribution in [1.29, 1.82) is 0 Å². The highest BCUT2D eigenvalue weighted by molar-refractivity contribution is 5.90. The number of benzene rings is 5. The third-order valence-electron chi connectivity index (χ3n) is 9.54. The molecule has 0 amide bonds. The van der Waals surface area contributed by atoms with Crippen LogP contribution in [-0.2, 0) is 5.41 Å². The van der Waals surface area contributed by atoms with Crippen LogP contribution in [0.1, 0.15) is 40.9 Å². The maximum absolute atomic E-state index is 5.04. The van der Waals surface area contributed by atoms with Crippen LogP contribution in [-0.4, -0.2) is 26.2 Å². The smallest absolute Gasteiger partial charge is 0.182 e. The first-order valence-corrected chi connectivity index (χ1v) is 16.7. The molecule has 3 heterocycles. The molecule has 5 nitrogen and oxygen atoms in total. The third kappa shape index (κ3) is 4.90. The molecule has 0 fully saturated rings. The van der Waals surface area contributed by atoms with Gasteiger partial charge in [0.25, 0.3) is 0 Å². The van der Waals surface area contributed by atoms with Gasteiger partial charge in [0.1, 0.15) is 11.4 Å². The number of aromatic nitrogens is 4. The van der Waals surface area contributed by atoms with E-state index in [1.54, 1.807) is 6.20 Å². The first-order valence-electron chi connectivity index (χ1n) is 16.7. The average molecular weight is 630 g/mol. The maximum atomic E-state index is 5.04. The molecule has 1 aliphatic carbocycles. The molecule has 0 N–H and O–H groups in total. The van der Waals surface area contributed by atoms with Crippen molar-refractivity contribution >= 4 is 11.9 Å². The molecule has 2 aliphatic rings. The summed E-state index contributed by atoms with van der Waals surface area (Å²) >= 11 is 0. The van der Waals surface area contributed by atoms with Gasteiger partial charge in [0.15, 0.2) is 17.5 Å². The normalized spacial score (nSPS) is 14.2. The Morgan fingerprint density at radius 2 is 1.06 bits per heavy atom. The fraction of sp³-hybridized carbons (Fsp3) is 0.0682. The standard InChI is InChI=1S/C44H31N5/c1-4-14-30(15-5-1)31-22-24-35-36-25-23-32(41-47-42(39-20-10-12-26-45-39)49-43(48-41)40-21-11-13-27-46-40)29-38(36)44(37(35)28-31,33-16-6-2-7-17-33)34-18-8-3-9-19-34/h1-10,12,14-29H,11,13H2. The van der Waals surface area contributed by atoms with Crippen LogP contribution in [0.2, 0.25) is 0 Å². The van der Waals surface area contributed by atoms with Crippen molar-refractivity contribution in [3.63, 3.8) is 0 Å². The van der Waals surface area contributed by atoms with E-state index in [-0.39, 0.29) is 0 Å². The maximum Gasteiger partial charge on any atom is 0.182 e. The number of pyridine rings is 1. The summed E-state index contributed by atoms with van der Waals surface area (Å²) in [6.07, 6.45) is 7.61. The molecule has 1 aliphatic heterocycles. The number of rotatable bonds is 6. The Hall–Kier alpha value is -6.33. The summed E-state index contributed by atoms with van der Waals surface area (Å²) in [5, 5.41) is 0. The molecule has 0 bridgehead atoms. The van der Waals surface area contributed by atoms with Gasteiger partial charge in [-0.05, 0) is 81.6 Å². The number of aliphatic imine (C=N–C) groups is 1. The number of allylic oxidation sites excluding steroid dienone is 1. The van der Waals surface area contributed by atoms with Crippen LogP contribution in [0, 0.1) is 0 Å². The second kappa shape index (κ2) is 12.0. The van der Waals surface area contributed by atoms with E-state index in [1.165, 1.54) is 44.5 Å². The third-order valence-corrected chi connectivity index (χ3v) is 9.54. The first-order chi connectivity index (χ1) is 24.3. The van der Waals surface area contributed by atoms with Gasteiger partial charge in [0, 0.05) is 18.0 Å². The summed E-state index contributed by atoms with van der Waals surface area (Å²) in [5.74, 6) is 1.66. The zero-order chi connectivity index (χ0) is 32.6. The van der Waals surface area contributed by atoms with E-state index in [2.05, 4.69) is 143 Å². The molecule has 5 aromatic carbocycles. The quantitative estimate of drug-likeness (QED) is 0.184. The average Bonchev–Trinajstić information content (AvgIpc) is 3.49. The summed E-state index contributed by atoms with van der Waals surface area (Å²) < 4.78 is 0. The van der Waals surface area contributed by atoms with Crippen molar-refractivity contribution < 1.29 is 0 Å². The minimum atomic E-state index is -0.580. The fourth-order valence-electron chi connectivity index (χ4n) is 7.33. The predicted molar refractivity (Wildman–Crippen MR) is 197 cm³/mol. The number of fused-ring (bicyclic) bond motifs is 3. The summed E-state index contributed by atoms with van der Waals surface area (Å²) in [7, 11) is 0. The van der Waals surface area contributed by atoms with E-state index >= 15 is 0 Å². The second-order valence-electron chi connectivity index (χ2n) is 12.4. The van der Waals surface area contributed by atoms with E-state index in [0.717, 1.165) is 24.1 Å². The molecule has 2 aromatic heterocycles. The minimum Gasteiger partial charge on any atom is -0.258 e. The summed E-state index contributed by atoms with van der Waals surface area (Å²) in [4.78, 5) is 24.2. The van der Waals surface area contributed by atoms with Crippen LogP contribution in [0.4, 0.5) is 0 Å². The molecular formula is C44H31N5. The molecule has 232 valence electrons. The predicted octanol–water partition coefficient (Wildman–Crippen LogP) is 9.84. The SMILES string of the molecule is C1=NC(c2nc(-c3ccc4c(c3)C(c3ccccc3)(c3ccccc3)c3cc(-c5ccccc5)ccc3-4)nc(-c3ccccn3)n2)=CCC1. The largest absolute Gasteiger partial charge is 0.258 e. The lowest BCUT2D eigenvalue weighted by Crippen LogP contribution is -2.28. The number of nitrogens with zero attached hydrogens (tertiary/aromatic N) is 5. The van der Waals surface area contributed by atoms with Crippen LogP contribution in [0.5, 0.6) is 0 Å². The minimum absolute atomic E-state index is 0.524. The van der Waals surface area contributed by atoms with E-state index in [0.29, 0.717) is 23.2 Å². The molecule has 0 atom stereocenters. The van der Waals surface area contributed by atoms with Gasteiger partial charge in [-0.25, -0.2) is 15.0 Å². The molecule has 0 spiro atoms. The fourth-order valence-corrected chi connectivity index (χ4v) is 7.33. The van der Waals surface area contributed by atoms with Crippen LogP contribution in [0.25, 0.3) is 50.9 Å². The van der Waals surface area contributed by atoms with Crippen LogP contribution in [0.3, 0.4) is 0 Å². The van der Waals surface area contributed by atoms with Crippen molar-refractivity contribution in [2.24, 2.45) is 4.99 Å². The van der Waals surface area contributed by atoms with Gasteiger partial charge in [-0.15, -0.1) is 0 Å². The molecule has 0 saturated carbocycles. The van der Waals surface area contributed by atoms with Crippen LogP contribution >= 0.6 is 0 Å². The van der Waals surface area contributed by atoms with Crippen LogP contribution < -0.4 is 0 Å². The van der Waals surface area contributed by atoms with Crippen molar-refractivity contribution in [3.05, 3.63) is 186 Å². The Balaban J connectivity index is 1.31. The van der Waals surface area contributed by atoms with Gasteiger partial charge < -0.3 is 0 Å². The zero-order valence-corrected chi connectivity index (χ0v) is 26.7. The number of hydrogen-bond donors (Lipinski definition) is 0. The molecule has 7 aromatic rings. The van der Waals surface area contributed by atoms with E-state index in [9.17, 15) is 0 Å². The van der Waals surface area contributed by atoms with Crippen molar-refractivity contribution in [1.82, 2.24) is 19.9 Å². The van der Waals surface area contributed by atoms with Gasteiger partial charge in [0.2, 0.25) is 0 Å². The molecule has 0 unspecified atom stereocenters. The lowest BCUT2D eigenvalue weighted by Gasteiger charge is -2.34. The highest BCUT2D eigenvalue weighted by Gasteiger charge is 2.46. The summed E-state index contributed by atoms with van der Waals surface area (Å²) in [6.45, 7) is 0. The summed E-state index contributed by atoms with van der Waals surface area (Å²) in [5.41, 5.74) is 11.4. The lowest BCUT2D eigenvalue weighted by atomic mass is 9.67. The Kier molecular flexibility index (Phi) is 7.09. The highest BCUT2D eigenvalue weighted by atomic mass is 15.1. The van der Waals surface area contributed by atoms with Crippen LogP contribution in [0.15, 0.2) is 163 Å². The first kappa shape index (κ1) is 28.9. The Bertz CT molecular complexity index is 2330. The Labute approximate surface area is 285 Å². The highest BCUT2D eigenvalue weighted by Crippen LogP contribution is 2.57. The zero-order valence-electron chi connectivity index (χ0n) is 26.7. The van der Waals surface area contributed by atoms with Gasteiger partial charge in [-0.3, -0.25) is 9.98 Å². The van der Waals surface area contributed by atoms with Crippen molar-refractivity contribution in [3.8, 4) is 45.2 Å². The van der Waals surface area contributed by atoms with E-state index in [1.807, 2.05) is 24.4 Å². The lowest BCUT2D eigenvalue weighted by molar-refractivity contribution is 0.769. The van der Waals surface area contributed by atoms with Crippen molar-refractivity contribution in [2.75, 3.05) is 0 Å². The molecular weight excluding hydrogens is 599 g/mol. The monoisotopic (exact) mass is 629 g/mol. The van der Waals surface area contributed by atoms with Gasteiger partial charge in [0.05, 0.1) is 5.41 Å². The Morgan fingerprint density at radius 3 is 1.69 bits per heavy atom. The summed E-state index contributed by atoms with van der Waals surface area (Å²) in [6, 6.07) is 51.7. The number of hydrogen-bond acceptors (Lipinski definition) is 5. The van der Waals surface area contributed by atoms with Gasteiger partial charge >= 0.3 is 0 Å². The molecule has 5 heteroatoms. The van der Waals surface area contributed by atoms with E-state index < -0.39 is 5.41 Å². The molecule has 49 heavy (non-hydrogen) atoms. The molecule has 0 radical (unpaired) electrons. The van der Waals surface area contributed by atoms with E-state index in [4.69, 9.17) is 15.0 Å². The van der Waals surface area contributed by atoms with Gasteiger partial charge in [-0.1, -0.05) is 127 Å². The van der Waals surface area contributed by atoms with Gasteiger partial charge in [-0.2, -0.15) is 0 Å². The molecule has 9 rings (SSSR count). The second-order valence-corrected chi connectivity index (χ2v) is 12.4.